The van der Waals surface area contributed by atoms with E-state index >= 15 is 0 Å². The van der Waals surface area contributed by atoms with Crippen LogP contribution < -0.4 is 0 Å². The maximum Gasteiger partial charge on any atom is 0.254 e. The average molecular weight is 298 g/mol. The van der Waals surface area contributed by atoms with Gasteiger partial charge in [-0.05, 0) is 36.8 Å². The van der Waals surface area contributed by atoms with Gasteiger partial charge in [0.25, 0.3) is 5.91 Å². The minimum Gasteiger partial charge on any atom is -0.396 e. The molecule has 0 spiro atoms. The van der Waals surface area contributed by atoms with Gasteiger partial charge in [-0.25, -0.2) is 0 Å². The Kier molecular flexibility index (Phi) is 4.12. The number of benzene rings is 1. The Labute approximate surface area is 130 Å². The molecule has 1 aliphatic rings. The van der Waals surface area contributed by atoms with E-state index < -0.39 is 0 Å². The number of aliphatic hydroxyl groups is 1. The van der Waals surface area contributed by atoms with Crippen LogP contribution in [0.15, 0.2) is 36.5 Å². The van der Waals surface area contributed by atoms with Gasteiger partial charge in [-0.1, -0.05) is 25.1 Å². The number of carbonyl (C=O) groups excluding carboxylic acids is 1. The van der Waals surface area contributed by atoms with E-state index in [1.165, 1.54) is 0 Å². The maximum absolute atomic E-state index is 12.8. The Morgan fingerprint density at radius 2 is 2.00 bits per heavy atom. The minimum atomic E-state index is -0.00289. The van der Waals surface area contributed by atoms with E-state index in [4.69, 9.17) is 0 Å². The maximum atomic E-state index is 12.8. The first kappa shape index (κ1) is 15.0. The first-order chi connectivity index (χ1) is 10.7. The molecular weight excluding hydrogens is 276 g/mol. The Morgan fingerprint density at radius 1 is 1.27 bits per heavy atom. The van der Waals surface area contributed by atoms with Crippen molar-refractivity contribution in [3.63, 3.8) is 0 Å². The number of piperidine rings is 1. The fourth-order valence-electron chi connectivity index (χ4n) is 3.26. The van der Waals surface area contributed by atoms with E-state index in [2.05, 4.69) is 11.9 Å². The van der Waals surface area contributed by atoms with E-state index in [9.17, 15) is 9.90 Å². The van der Waals surface area contributed by atoms with Crippen molar-refractivity contribution in [2.24, 2.45) is 5.41 Å². The molecule has 0 unspecified atom stereocenters. The van der Waals surface area contributed by atoms with Gasteiger partial charge in [0.2, 0.25) is 0 Å². The summed E-state index contributed by atoms with van der Waals surface area (Å²) in [5.41, 5.74) is 1.57. The number of nitrogens with zero attached hydrogens (tertiary/aromatic N) is 2. The van der Waals surface area contributed by atoms with Gasteiger partial charge in [0.15, 0.2) is 0 Å². The molecule has 1 aromatic heterocycles. The molecule has 1 aromatic carbocycles. The highest BCUT2D eigenvalue weighted by Gasteiger charge is 2.34. The van der Waals surface area contributed by atoms with Crippen LogP contribution in [0.4, 0.5) is 0 Å². The van der Waals surface area contributed by atoms with Crippen molar-refractivity contribution in [1.29, 1.82) is 0 Å². The molecule has 0 saturated carbocycles. The van der Waals surface area contributed by atoms with Crippen LogP contribution in [0.5, 0.6) is 0 Å². The van der Waals surface area contributed by atoms with Crippen LogP contribution in [0.3, 0.4) is 0 Å². The standard InChI is InChI=1S/C18H22N2O2/c1-2-18(13-21)8-11-20(12-9-18)17(22)15-7-10-19-16-6-4-3-5-14(15)16/h3-7,10,21H,2,8-9,11-13H2,1H3. The topological polar surface area (TPSA) is 53.4 Å². The summed E-state index contributed by atoms with van der Waals surface area (Å²) in [7, 11) is 0. The molecule has 22 heavy (non-hydrogen) atoms. The number of para-hydroxylation sites is 1. The number of likely N-dealkylation sites (tertiary alicyclic amines) is 1. The molecule has 1 amide bonds. The second-order valence-corrected chi connectivity index (χ2v) is 6.18. The number of aliphatic hydroxyl groups excluding tert-OH is 1. The quantitative estimate of drug-likeness (QED) is 0.948. The van der Waals surface area contributed by atoms with Crippen molar-refractivity contribution in [3.05, 3.63) is 42.1 Å². The zero-order valence-corrected chi connectivity index (χ0v) is 13.0. The largest absolute Gasteiger partial charge is 0.396 e. The van der Waals surface area contributed by atoms with Gasteiger partial charge in [0, 0.05) is 31.3 Å². The predicted octanol–water partition coefficient (Wildman–Crippen LogP) is 2.86. The van der Waals surface area contributed by atoms with Crippen LogP contribution in [0.2, 0.25) is 0 Å². The van der Waals surface area contributed by atoms with Crippen molar-refractivity contribution in [2.45, 2.75) is 26.2 Å². The molecule has 1 aliphatic heterocycles. The predicted molar refractivity (Wildman–Crippen MR) is 86.7 cm³/mol. The molecule has 2 aromatic rings. The Morgan fingerprint density at radius 3 is 2.68 bits per heavy atom. The lowest BCUT2D eigenvalue weighted by atomic mass is 9.77. The van der Waals surface area contributed by atoms with E-state index in [0.717, 1.165) is 35.7 Å². The number of hydrogen-bond donors (Lipinski definition) is 1. The summed E-state index contributed by atoms with van der Waals surface area (Å²) >= 11 is 0. The zero-order valence-electron chi connectivity index (χ0n) is 13.0. The van der Waals surface area contributed by atoms with Gasteiger partial charge in [0.05, 0.1) is 11.1 Å². The number of hydrogen-bond acceptors (Lipinski definition) is 3. The number of aromatic nitrogens is 1. The highest BCUT2D eigenvalue weighted by Crippen LogP contribution is 2.34. The third-order valence-corrected chi connectivity index (χ3v) is 5.08. The highest BCUT2D eigenvalue weighted by atomic mass is 16.3. The van der Waals surface area contributed by atoms with E-state index in [-0.39, 0.29) is 17.9 Å². The van der Waals surface area contributed by atoms with Crippen LogP contribution in [0, 0.1) is 5.41 Å². The lowest BCUT2D eigenvalue weighted by molar-refractivity contribution is 0.0339. The highest BCUT2D eigenvalue weighted by molar-refractivity contribution is 6.05. The van der Waals surface area contributed by atoms with Crippen molar-refractivity contribution in [3.8, 4) is 0 Å². The molecule has 1 N–H and O–H groups in total. The third-order valence-electron chi connectivity index (χ3n) is 5.08. The fourth-order valence-corrected chi connectivity index (χ4v) is 3.26. The smallest absolute Gasteiger partial charge is 0.254 e. The molecule has 4 heteroatoms. The van der Waals surface area contributed by atoms with Crippen molar-refractivity contribution < 1.29 is 9.90 Å². The van der Waals surface area contributed by atoms with Gasteiger partial charge in [-0.3, -0.25) is 9.78 Å². The molecule has 0 radical (unpaired) electrons. The fraction of sp³-hybridized carbons (Fsp3) is 0.444. The number of pyridine rings is 1. The molecule has 4 nitrogen and oxygen atoms in total. The molecule has 0 aliphatic carbocycles. The second kappa shape index (κ2) is 6.05. The Balaban J connectivity index is 1.83. The summed E-state index contributed by atoms with van der Waals surface area (Å²) in [6.07, 6.45) is 4.40. The number of rotatable bonds is 3. The number of carbonyl (C=O) groups is 1. The van der Waals surface area contributed by atoms with Gasteiger partial charge in [-0.2, -0.15) is 0 Å². The second-order valence-electron chi connectivity index (χ2n) is 6.18. The summed E-state index contributed by atoms with van der Waals surface area (Å²) in [6.45, 7) is 3.75. The van der Waals surface area contributed by atoms with Gasteiger partial charge >= 0.3 is 0 Å². The van der Waals surface area contributed by atoms with Gasteiger partial charge < -0.3 is 10.0 Å². The zero-order chi connectivity index (χ0) is 15.6. The molecular formula is C18H22N2O2. The summed E-state index contributed by atoms with van der Waals surface area (Å²) < 4.78 is 0. The number of fused-ring (bicyclic) bond motifs is 1. The monoisotopic (exact) mass is 298 g/mol. The normalized spacial score (nSPS) is 17.6. The molecule has 2 heterocycles. The SMILES string of the molecule is CCC1(CO)CCN(C(=O)c2ccnc3ccccc23)CC1. The Bertz CT molecular complexity index is 664. The lowest BCUT2D eigenvalue weighted by Gasteiger charge is -2.40. The number of amides is 1. The summed E-state index contributed by atoms with van der Waals surface area (Å²) in [6, 6.07) is 9.55. The Hall–Kier alpha value is -1.94. The van der Waals surface area contributed by atoms with Gasteiger partial charge in [-0.15, -0.1) is 0 Å². The van der Waals surface area contributed by atoms with Crippen LogP contribution in [-0.2, 0) is 0 Å². The first-order valence-corrected chi connectivity index (χ1v) is 7.93. The molecule has 0 bridgehead atoms. The average Bonchev–Trinajstić information content (AvgIpc) is 2.60. The lowest BCUT2D eigenvalue weighted by Crippen LogP contribution is -2.44. The molecule has 1 fully saturated rings. The van der Waals surface area contributed by atoms with Gasteiger partial charge in [0.1, 0.15) is 0 Å². The van der Waals surface area contributed by atoms with E-state index in [1.807, 2.05) is 29.2 Å². The van der Waals surface area contributed by atoms with Crippen LogP contribution in [0.1, 0.15) is 36.5 Å². The summed E-state index contributed by atoms with van der Waals surface area (Å²) in [5.74, 6) is 0.0706. The molecule has 116 valence electrons. The summed E-state index contributed by atoms with van der Waals surface area (Å²) in [5, 5.41) is 10.5. The van der Waals surface area contributed by atoms with E-state index in [1.54, 1.807) is 12.3 Å². The third kappa shape index (κ3) is 2.59. The molecule has 0 atom stereocenters. The van der Waals surface area contributed by atoms with Crippen LogP contribution in [-0.4, -0.2) is 40.6 Å². The van der Waals surface area contributed by atoms with Crippen LogP contribution >= 0.6 is 0 Å². The molecule has 1 saturated heterocycles. The molecule has 3 rings (SSSR count). The van der Waals surface area contributed by atoms with E-state index in [0.29, 0.717) is 13.1 Å². The summed E-state index contributed by atoms with van der Waals surface area (Å²) in [4.78, 5) is 19.1. The minimum absolute atomic E-state index is 0.00289. The first-order valence-electron chi connectivity index (χ1n) is 7.93. The van der Waals surface area contributed by atoms with Crippen molar-refractivity contribution in [1.82, 2.24) is 9.88 Å². The van der Waals surface area contributed by atoms with Crippen LogP contribution in [0.25, 0.3) is 10.9 Å². The van der Waals surface area contributed by atoms with Crippen molar-refractivity contribution in [2.75, 3.05) is 19.7 Å². The van der Waals surface area contributed by atoms with Crippen molar-refractivity contribution >= 4 is 16.8 Å².